The monoisotopic (exact) mass is 300 g/mol. The lowest BCUT2D eigenvalue weighted by Gasteiger charge is -2.57. The maximum atomic E-state index is 11.7. The van der Waals surface area contributed by atoms with E-state index < -0.39 is 5.60 Å². The van der Waals surface area contributed by atoms with E-state index in [0.29, 0.717) is 17.8 Å². The number of ketones is 1. The number of allylic oxidation sites excluding steroid dienone is 4. The Bertz CT molecular complexity index is 585. The number of hydrogen-bond acceptors (Lipinski definition) is 2. The first-order valence-electron chi connectivity index (χ1n) is 8.95. The van der Waals surface area contributed by atoms with Crippen LogP contribution in [0, 0.1) is 28.6 Å². The molecule has 0 bridgehead atoms. The van der Waals surface area contributed by atoms with Crippen molar-refractivity contribution in [2.24, 2.45) is 28.6 Å². The summed E-state index contributed by atoms with van der Waals surface area (Å²) in [6.07, 6.45) is 12.5. The Labute approximate surface area is 133 Å². The standard InChI is InChI=1S/C20H28O2/c1-18-9-6-14(21)12-13(18)4-5-15-16(18)7-10-19(2)17(15)8-11-20(19,3)22/h6,9,12,15-17,22H,4-5,7-8,10-11H2,1-3H3/t15?,16?,17?,18?,19?,20-/m1/s1. The first-order valence-corrected chi connectivity index (χ1v) is 8.95. The molecule has 0 saturated heterocycles. The van der Waals surface area contributed by atoms with Gasteiger partial charge in [-0.25, -0.2) is 0 Å². The summed E-state index contributed by atoms with van der Waals surface area (Å²) in [5, 5.41) is 10.9. The maximum absolute atomic E-state index is 11.7. The minimum atomic E-state index is -0.502. The van der Waals surface area contributed by atoms with Gasteiger partial charge < -0.3 is 5.11 Å². The van der Waals surface area contributed by atoms with Gasteiger partial charge in [-0.15, -0.1) is 0 Å². The Hall–Kier alpha value is -0.890. The van der Waals surface area contributed by atoms with Crippen molar-refractivity contribution in [1.82, 2.24) is 0 Å². The third kappa shape index (κ3) is 1.68. The van der Waals surface area contributed by atoms with Crippen molar-refractivity contribution in [1.29, 1.82) is 0 Å². The van der Waals surface area contributed by atoms with Crippen LogP contribution in [0.1, 0.15) is 59.3 Å². The number of carbonyl (C=O) groups is 1. The zero-order valence-corrected chi connectivity index (χ0v) is 14.1. The van der Waals surface area contributed by atoms with E-state index in [1.165, 1.54) is 24.8 Å². The largest absolute Gasteiger partial charge is 0.390 e. The lowest BCUT2D eigenvalue weighted by Crippen LogP contribution is -2.53. The number of aliphatic hydroxyl groups is 1. The lowest BCUT2D eigenvalue weighted by molar-refractivity contribution is -0.114. The lowest BCUT2D eigenvalue weighted by atomic mass is 9.47. The van der Waals surface area contributed by atoms with Gasteiger partial charge in [0.15, 0.2) is 5.78 Å². The number of carbonyl (C=O) groups excluding carboxylic acids is 1. The van der Waals surface area contributed by atoms with Crippen molar-refractivity contribution in [2.45, 2.75) is 64.9 Å². The van der Waals surface area contributed by atoms with Gasteiger partial charge in [-0.3, -0.25) is 4.79 Å². The highest BCUT2D eigenvalue weighted by molar-refractivity contribution is 6.01. The summed E-state index contributed by atoms with van der Waals surface area (Å²) < 4.78 is 0. The van der Waals surface area contributed by atoms with Crippen molar-refractivity contribution in [3.05, 3.63) is 23.8 Å². The molecule has 4 aliphatic carbocycles. The van der Waals surface area contributed by atoms with E-state index in [1.54, 1.807) is 6.08 Å². The van der Waals surface area contributed by atoms with Crippen LogP contribution in [0.3, 0.4) is 0 Å². The molecule has 0 aromatic rings. The molecule has 0 radical (unpaired) electrons. The number of hydrogen-bond donors (Lipinski definition) is 1. The summed E-state index contributed by atoms with van der Waals surface area (Å²) in [5.74, 6) is 2.15. The highest BCUT2D eigenvalue weighted by atomic mass is 16.3. The van der Waals surface area contributed by atoms with Crippen LogP contribution in [0.4, 0.5) is 0 Å². The highest BCUT2D eigenvalue weighted by Gasteiger charge is 2.61. The fourth-order valence-corrected chi connectivity index (χ4v) is 6.44. The molecule has 0 aromatic carbocycles. The summed E-state index contributed by atoms with van der Waals surface area (Å²) >= 11 is 0. The van der Waals surface area contributed by atoms with E-state index in [-0.39, 0.29) is 16.6 Å². The summed E-state index contributed by atoms with van der Waals surface area (Å²) in [7, 11) is 0. The van der Waals surface area contributed by atoms with Crippen LogP contribution < -0.4 is 0 Å². The summed E-state index contributed by atoms with van der Waals surface area (Å²) in [4.78, 5) is 11.7. The van der Waals surface area contributed by atoms with E-state index in [4.69, 9.17) is 0 Å². The fraction of sp³-hybridized carbons (Fsp3) is 0.750. The van der Waals surface area contributed by atoms with Crippen LogP contribution in [0.2, 0.25) is 0 Å². The van der Waals surface area contributed by atoms with Gasteiger partial charge in [0.05, 0.1) is 5.60 Å². The Morgan fingerprint density at radius 3 is 2.59 bits per heavy atom. The molecule has 6 atom stereocenters. The fourth-order valence-electron chi connectivity index (χ4n) is 6.44. The van der Waals surface area contributed by atoms with Gasteiger partial charge in [-0.2, -0.15) is 0 Å². The molecule has 1 N–H and O–H groups in total. The maximum Gasteiger partial charge on any atom is 0.178 e. The molecule has 0 amide bonds. The average Bonchev–Trinajstić information content (AvgIpc) is 2.70. The first kappa shape index (κ1) is 14.7. The summed E-state index contributed by atoms with van der Waals surface area (Å²) in [6, 6.07) is 0. The molecule has 2 heteroatoms. The van der Waals surface area contributed by atoms with Crippen LogP contribution >= 0.6 is 0 Å². The third-order valence-corrected chi connectivity index (χ3v) is 8.12. The molecule has 0 aliphatic heterocycles. The van der Waals surface area contributed by atoms with Gasteiger partial charge in [-0.05, 0) is 80.8 Å². The second kappa shape index (κ2) is 4.35. The van der Waals surface area contributed by atoms with Gasteiger partial charge in [0, 0.05) is 5.41 Å². The predicted octanol–water partition coefficient (Wildman–Crippen LogP) is 4.05. The molecule has 0 heterocycles. The minimum absolute atomic E-state index is 0.0760. The van der Waals surface area contributed by atoms with E-state index in [1.807, 2.05) is 6.08 Å². The first-order chi connectivity index (χ1) is 10.3. The molecule has 22 heavy (non-hydrogen) atoms. The summed E-state index contributed by atoms with van der Waals surface area (Å²) in [6.45, 7) is 6.73. The molecule has 2 nitrogen and oxygen atoms in total. The second-order valence-electron chi connectivity index (χ2n) is 8.87. The quantitative estimate of drug-likeness (QED) is 0.733. The van der Waals surface area contributed by atoms with Gasteiger partial charge in [0.1, 0.15) is 0 Å². The molecule has 0 aromatic heterocycles. The number of fused-ring (bicyclic) bond motifs is 5. The zero-order valence-electron chi connectivity index (χ0n) is 14.1. The van der Waals surface area contributed by atoms with Crippen LogP contribution in [-0.2, 0) is 4.79 Å². The van der Waals surface area contributed by atoms with Crippen LogP contribution in [-0.4, -0.2) is 16.5 Å². The smallest absolute Gasteiger partial charge is 0.178 e. The van der Waals surface area contributed by atoms with Gasteiger partial charge >= 0.3 is 0 Å². The molecule has 4 aliphatic rings. The van der Waals surface area contributed by atoms with E-state index >= 15 is 0 Å². The number of rotatable bonds is 0. The molecule has 3 saturated carbocycles. The molecule has 120 valence electrons. The van der Waals surface area contributed by atoms with E-state index in [9.17, 15) is 9.90 Å². The van der Waals surface area contributed by atoms with Crippen molar-refractivity contribution >= 4 is 5.78 Å². The Kier molecular flexibility index (Phi) is 2.90. The molecular formula is C20H28O2. The zero-order chi connectivity index (χ0) is 15.8. The van der Waals surface area contributed by atoms with Gasteiger partial charge in [-0.1, -0.05) is 25.5 Å². The highest BCUT2D eigenvalue weighted by Crippen LogP contribution is 2.66. The van der Waals surface area contributed by atoms with Gasteiger partial charge in [0.2, 0.25) is 0 Å². The third-order valence-electron chi connectivity index (χ3n) is 8.12. The topological polar surface area (TPSA) is 37.3 Å². The Morgan fingerprint density at radius 2 is 1.82 bits per heavy atom. The summed E-state index contributed by atoms with van der Waals surface area (Å²) in [5.41, 5.74) is 1.01. The normalized spacial score (nSPS) is 53.5. The van der Waals surface area contributed by atoms with E-state index in [2.05, 4.69) is 26.8 Å². The Morgan fingerprint density at radius 1 is 1.09 bits per heavy atom. The average molecular weight is 300 g/mol. The van der Waals surface area contributed by atoms with Crippen molar-refractivity contribution in [3.8, 4) is 0 Å². The van der Waals surface area contributed by atoms with Crippen LogP contribution in [0.15, 0.2) is 23.8 Å². The van der Waals surface area contributed by atoms with Crippen molar-refractivity contribution in [2.75, 3.05) is 0 Å². The second-order valence-corrected chi connectivity index (χ2v) is 8.87. The Balaban J connectivity index is 1.71. The molecule has 5 unspecified atom stereocenters. The van der Waals surface area contributed by atoms with Gasteiger partial charge in [0.25, 0.3) is 0 Å². The van der Waals surface area contributed by atoms with Crippen LogP contribution in [0.5, 0.6) is 0 Å². The molecular weight excluding hydrogens is 272 g/mol. The van der Waals surface area contributed by atoms with Crippen molar-refractivity contribution < 1.29 is 9.90 Å². The molecule has 3 fully saturated rings. The molecule has 0 spiro atoms. The predicted molar refractivity (Wildman–Crippen MR) is 87.2 cm³/mol. The SMILES string of the molecule is CC12C=CC(=O)C=C1CCC1C2CCC2(C)C1CC[C@@]2(C)O. The minimum Gasteiger partial charge on any atom is -0.390 e. The van der Waals surface area contributed by atoms with E-state index in [0.717, 1.165) is 19.3 Å². The van der Waals surface area contributed by atoms with Crippen molar-refractivity contribution in [3.63, 3.8) is 0 Å². The van der Waals surface area contributed by atoms with Crippen LogP contribution in [0.25, 0.3) is 0 Å². The molecule has 4 rings (SSSR count).